The fourth-order valence-electron chi connectivity index (χ4n) is 1.98. The van der Waals surface area contributed by atoms with Crippen LogP contribution >= 0.6 is 0 Å². The molecule has 0 saturated heterocycles. The van der Waals surface area contributed by atoms with Gasteiger partial charge < -0.3 is 5.32 Å². The second-order valence-electron chi connectivity index (χ2n) is 5.39. The molecule has 2 aromatic carbocycles. The monoisotopic (exact) mass is 369 g/mol. The van der Waals surface area contributed by atoms with Crippen LogP contribution < -0.4 is 9.62 Å². The predicted octanol–water partition coefficient (Wildman–Crippen LogP) is 2.46. The first-order valence-electron chi connectivity index (χ1n) is 7.16. The lowest BCUT2D eigenvalue weighted by Crippen LogP contribution is -2.37. The van der Waals surface area contributed by atoms with Gasteiger partial charge in [0.2, 0.25) is 0 Å². The molecular weight excluding hydrogens is 352 g/mol. The van der Waals surface area contributed by atoms with E-state index in [0.29, 0.717) is 5.69 Å². The maximum atomic E-state index is 13.2. The Morgan fingerprint density at radius 2 is 1.56 bits per heavy atom. The average molecular weight is 369 g/mol. The summed E-state index contributed by atoms with van der Waals surface area (Å²) in [5.41, 5.74) is 0.725. The molecule has 0 bridgehead atoms. The van der Waals surface area contributed by atoms with Gasteiger partial charge in [-0.1, -0.05) is 0 Å². The van der Waals surface area contributed by atoms with Crippen LogP contribution in [0.2, 0.25) is 0 Å². The van der Waals surface area contributed by atoms with Gasteiger partial charge >= 0.3 is 10.2 Å². The van der Waals surface area contributed by atoms with Crippen molar-refractivity contribution in [2.24, 2.45) is 0 Å². The molecule has 0 aromatic heterocycles. The van der Waals surface area contributed by atoms with Crippen molar-refractivity contribution >= 4 is 27.5 Å². The summed E-state index contributed by atoms with van der Waals surface area (Å²) in [7, 11) is 0.587. The number of amides is 1. The first kappa shape index (κ1) is 18.8. The maximum Gasteiger partial charge on any atom is 0.303 e. The van der Waals surface area contributed by atoms with Gasteiger partial charge in [-0.2, -0.15) is 12.7 Å². The molecule has 6 nitrogen and oxygen atoms in total. The van der Waals surface area contributed by atoms with Crippen molar-refractivity contribution in [3.05, 3.63) is 59.7 Å². The summed E-state index contributed by atoms with van der Waals surface area (Å²) < 4.78 is 52.3. The van der Waals surface area contributed by atoms with Crippen LogP contribution in [0.25, 0.3) is 0 Å². The number of halogens is 2. The quantitative estimate of drug-likeness (QED) is 0.880. The van der Waals surface area contributed by atoms with Crippen molar-refractivity contribution in [3.63, 3.8) is 0 Å². The molecule has 1 N–H and O–H groups in total. The van der Waals surface area contributed by atoms with E-state index in [9.17, 15) is 22.0 Å². The van der Waals surface area contributed by atoms with Crippen LogP contribution in [0, 0.1) is 11.6 Å². The number of nitrogens with zero attached hydrogens (tertiary/aromatic N) is 2. The summed E-state index contributed by atoms with van der Waals surface area (Å²) >= 11 is 0. The lowest BCUT2D eigenvalue weighted by molar-refractivity contribution is 0.102. The molecule has 0 aliphatic heterocycles. The molecular formula is C16H17F2N3O3S. The van der Waals surface area contributed by atoms with E-state index >= 15 is 0 Å². The van der Waals surface area contributed by atoms with E-state index in [0.717, 1.165) is 20.7 Å². The van der Waals surface area contributed by atoms with Gasteiger partial charge in [0.25, 0.3) is 5.91 Å². The van der Waals surface area contributed by atoms with Gasteiger partial charge in [0, 0.05) is 38.5 Å². The summed E-state index contributed by atoms with van der Waals surface area (Å²) in [6.07, 6.45) is 0. The Morgan fingerprint density at radius 3 is 2.08 bits per heavy atom. The molecule has 9 heteroatoms. The largest absolute Gasteiger partial charge is 0.322 e. The van der Waals surface area contributed by atoms with Gasteiger partial charge in [-0.25, -0.2) is 8.78 Å². The van der Waals surface area contributed by atoms with Crippen molar-refractivity contribution in [2.75, 3.05) is 30.8 Å². The van der Waals surface area contributed by atoms with E-state index in [1.165, 1.54) is 51.5 Å². The molecule has 0 heterocycles. The summed E-state index contributed by atoms with van der Waals surface area (Å²) in [6, 6.07) is 8.84. The van der Waals surface area contributed by atoms with Crippen molar-refractivity contribution in [3.8, 4) is 0 Å². The normalized spacial score (nSPS) is 11.4. The summed E-state index contributed by atoms with van der Waals surface area (Å²) in [6.45, 7) is 0. The minimum absolute atomic E-state index is 0.111. The Bertz CT molecular complexity index is 884. The van der Waals surface area contributed by atoms with E-state index in [-0.39, 0.29) is 11.3 Å². The summed E-state index contributed by atoms with van der Waals surface area (Å²) in [4.78, 5) is 12.1. The second kappa shape index (κ2) is 7.16. The molecule has 0 atom stereocenters. The highest BCUT2D eigenvalue weighted by molar-refractivity contribution is 7.90. The number of nitrogens with one attached hydrogen (secondary N) is 1. The topological polar surface area (TPSA) is 69.7 Å². The Labute approximate surface area is 144 Å². The van der Waals surface area contributed by atoms with Crippen molar-refractivity contribution in [1.29, 1.82) is 0 Å². The Hall–Kier alpha value is -2.52. The third-order valence-corrected chi connectivity index (χ3v) is 5.30. The Kier molecular flexibility index (Phi) is 5.39. The smallest absolute Gasteiger partial charge is 0.303 e. The third-order valence-electron chi connectivity index (χ3n) is 3.48. The zero-order valence-corrected chi connectivity index (χ0v) is 14.6. The van der Waals surface area contributed by atoms with Crippen LogP contribution in [-0.4, -0.2) is 39.8 Å². The highest BCUT2D eigenvalue weighted by Gasteiger charge is 2.21. The third kappa shape index (κ3) is 4.12. The number of hydrogen-bond acceptors (Lipinski definition) is 3. The SMILES string of the molecule is CN(C)S(=O)(=O)N(C)c1ccc(C(=O)Nc2ccc(F)c(F)c2)cc1. The molecule has 0 radical (unpaired) electrons. The average Bonchev–Trinajstić information content (AvgIpc) is 2.57. The van der Waals surface area contributed by atoms with E-state index < -0.39 is 27.8 Å². The van der Waals surface area contributed by atoms with Crippen LogP contribution in [0.1, 0.15) is 10.4 Å². The van der Waals surface area contributed by atoms with Crippen LogP contribution in [0.15, 0.2) is 42.5 Å². The molecule has 0 spiro atoms. The van der Waals surface area contributed by atoms with Gasteiger partial charge in [0.15, 0.2) is 11.6 Å². The molecule has 134 valence electrons. The molecule has 0 aliphatic carbocycles. The van der Waals surface area contributed by atoms with Gasteiger partial charge in [-0.15, -0.1) is 0 Å². The number of carbonyl (C=O) groups excluding carboxylic acids is 1. The van der Waals surface area contributed by atoms with E-state index in [1.54, 1.807) is 0 Å². The molecule has 0 fully saturated rings. The van der Waals surface area contributed by atoms with Crippen molar-refractivity contribution in [1.82, 2.24) is 4.31 Å². The lowest BCUT2D eigenvalue weighted by atomic mass is 10.2. The summed E-state index contributed by atoms with van der Waals surface area (Å²) in [5.74, 6) is -2.60. The molecule has 25 heavy (non-hydrogen) atoms. The van der Waals surface area contributed by atoms with Crippen molar-refractivity contribution < 1.29 is 22.0 Å². The number of anilines is 2. The van der Waals surface area contributed by atoms with Gasteiger partial charge in [-0.3, -0.25) is 9.10 Å². The highest BCUT2D eigenvalue weighted by atomic mass is 32.2. The number of benzene rings is 2. The highest BCUT2D eigenvalue weighted by Crippen LogP contribution is 2.19. The van der Waals surface area contributed by atoms with E-state index in [4.69, 9.17) is 0 Å². The Balaban J connectivity index is 2.16. The lowest BCUT2D eigenvalue weighted by Gasteiger charge is -2.23. The second-order valence-corrected chi connectivity index (χ2v) is 7.56. The first-order valence-corrected chi connectivity index (χ1v) is 8.55. The Morgan fingerprint density at radius 1 is 0.960 bits per heavy atom. The number of rotatable bonds is 5. The van der Waals surface area contributed by atoms with E-state index in [1.807, 2.05) is 0 Å². The van der Waals surface area contributed by atoms with Crippen LogP contribution in [-0.2, 0) is 10.2 Å². The van der Waals surface area contributed by atoms with Gasteiger partial charge in [0.1, 0.15) is 0 Å². The first-order chi connectivity index (χ1) is 11.6. The minimum atomic E-state index is -3.63. The standard InChI is InChI=1S/C16H17F2N3O3S/c1-20(2)25(23,24)21(3)13-7-4-11(5-8-13)16(22)19-12-6-9-14(17)15(18)10-12/h4-10H,1-3H3,(H,19,22). The summed E-state index contributed by atoms with van der Waals surface area (Å²) in [5, 5.41) is 2.44. The molecule has 0 saturated carbocycles. The maximum absolute atomic E-state index is 13.2. The molecule has 1 amide bonds. The number of hydrogen-bond donors (Lipinski definition) is 1. The van der Waals surface area contributed by atoms with Crippen LogP contribution in [0.5, 0.6) is 0 Å². The van der Waals surface area contributed by atoms with Crippen LogP contribution in [0.4, 0.5) is 20.2 Å². The zero-order chi connectivity index (χ0) is 18.8. The molecule has 2 rings (SSSR count). The van der Waals surface area contributed by atoms with Crippen LogP contribution in [0.3, 0.4) is 0 Å². The van der Waals surface area contributed by atoms with E-state index in [2.05, 4.69) is 5.32 Å². The van der Waals surface area contributed by atoms with Crippen molar-refractivity contribution in [2.45, 2.75) is 0 Å². The minimum Gasteiger partial charge on any atom is -0.322 e. The fourth-order valence-corrected chi connectivity index (χ4v) is 2.86. The fraction of sp³-hybridized carbons (Fsp3) is 0.188. The zero-order valence-electron chi connectivity index (χ0n) is 13.8. The predicted molar refractivity (Wildman–Crippen MR) is 91.8 cm³/mol. The number of carbonyl (C=O) groups is 1. The molecule has 0 aliphatic rings. The van der Waals surface area contributed by atoms with Gasteiger partial charge in [-0.05, 0) is 36.4 Å². The van der Waals surface area contributed by atoms with Gasteiger partial charge in [0.05, 0.1) is 5.69 Å². The molecule has 0 unspecified atom stereocenters. The molecule has 2 aromatic rings.